The van der Waals surface area contributed by atoms with Crippen LogP contribution in [-0.4, -0.2) is 42.3 Å². The predicted molar refractivity (Wildman–Crippen MR) is 123 cm³/mol. The van der Waals surface area contributed by atoms with Crippen molar-refractivity contribution in [3.8, 4) is 0 Å². The van der Waals surface area contributed by atoms with Crippen LogP contribution in [0, 0.1) is 18.8 Å². The van der Waals surface area contributed by atoms with E-state index in [2.05, 4.69) is 43.9 Å². The summed E-state index contributed by atoms with van der Waals surface area (Å²) in [5.41, 5.74) is 3.28. The zero-order valence-corrected chi connectivity index (χ0v) is 19.8. The number of anilines is 1. The van der Waals surface area contributed by atoms with Crippen molar-refractivity contribution < 1.29 is 9.53 Å². The predicted octanol–water partition coefficient (Wildman–Crippen LogP) is 5.91. The number of fused-ring (bicyclic) bond motifs is 2. The monoisotopic (exact) mass is 412 g/mol. The highest BCUT2D eigenvalue weighted by molar-refractivity contribution is 5.91. The molecule has 30 heavy (non-hydrogen) atoms. The van der Waals surface area contributed by atoms with Gasteiger partial charge in [0.25, 0.3) is 0 Å². The maximum absolute atomic E-state index is 13.0. The van der Waals surface area contributed by atoms with Gasteiger partial charge < -0.3 is 9.64 Å². The zero-order chi connectivity index (χ0) is 21.7. The second-order valence-electron chi connectivity index (χ2n) is 11.4. The van der Waals surface area contributed by atoms with Crippen molar-refractivity contribution in [2.45, 2.75) is 90.7 Å². The van der Waals surface area contributed by atoms with Crippen LogP contribution in [0.2, 0.25) is 0 Å². The summed E-state index contributed by atoms with van der Waals surface area (Å²) in [6.07, 6.45) is 6.13. The van der Waals surface area contributed by atoms with E-state index in [0.717, 1.165) is 56.0 Å². The van der Waals surface area contributed by atoms with Crippen molar-refractivity contribution in [1.82, 2.24) is 4.90 Å². The minimum atomic E-state index is -0.477. The van der Waals surface area contributed by atoms with Crippen LogP contribution in [0.4, 0.5) is 10.5 Å². The molecule has 0 N–H and O–H groups in total. The van der Waals surface area contributed by atoms with Crippen LogP contribution in [-0.2, 0) is 10.2 Å². The number of benzene rings is 1. The van der Waals surface area contributed by atoms with Crippen molar-refractivity contribution in [3.05, 3.63) is 29.3 Å². The van der Waals surface area contributed by atoms with Crippen LogP contribution in [0.15, 0.2) is 18.2 Å². The first-order valence-electron chi connectivity index (χ1n) is 11.9. The zero-order valence-electron chi connectivity index (χ0n) is 19.8. The Morgan fingerprint density at radius 2 is 1.83 bits per heavy atom. The van der Waals surface area contributed by atoms with Crippen LogP contribution in [0.3, 0.4) is 0 Å². The van der Waals surface area contributed by atoms with Gasteiger partial charge in [0, 0.05) is 18.0 Å². The van der Waals surface area contributed by atoms with Gasteiger partial charge >= 0.3 is 6.09 Å². The molecule has 1 spiro atoms. The number of hydrogen-bond donors (Lipinski definition) is 0. The summed E-state index contributed by atoms with van der Waals surface area (Å²) >= 11 is 0. The van der Waals surface area contributed by atoms with Gasteiger partial charge in [-0.05, 0) is 89.9 Å². The molecule has 0 radical (unpaired) electrons. The highest BCUT2D eigenvalue weighted by Gasteiger charge is 2.48. The van der Waals surface area contributed by atoms with Gasteiger partial charge in [-0.1, -0.05) is 38.0 Å². The molecule has 3 aliphatic rings. The Kier molecular flexibility index (Phi) is 5.67. The van der Waals surface area contributed by atoms with Gasteiger partial charge in [-0.3, -0.25) is 4.90 Å². The molecule has 1 aromatic carbocycles. The molecule has 4 rings (SSSR count). The molecule has 1 saturated heterocycles. The summed E-state index contributed by atoms with van der Waals surface area (Å²) in [4.78, 5) is 17.7. The summed E-state index contributed by atoms with van der Waals surface area (Å²) in [5, 5.41) is 0. The van der Waals surface area contributed by atoms with Crippen LogP contribution < -0.4 is 4.90 Å². The van der Waals surface area contributed by atoms with Gasteiger partial charge in [-0.15, -0.1) is 0 Å². The van der Waals surface area contributed by atoms with E-state index in [1.165, 1.54) is 30.4 Å². The van der Waals surface area contributed by atoms with Crippen molar-refractivity contribution in [1.29, 1.82) is 0 Å². The minimum absolute atomic E-state index is 0.0677. The summed E-state index contributed by atoms with van der Waals surface area (Å²) in [6.45, 7) is 15.9. The molecule has 2 fully saturated rings. The molecule has 0 aromatic heterocycles. The maximum atomic E-state index is 13.0. The second-order valence-corrected chi connectivity index (χ2v) is 11.4. The molecule has 0 unspecified atom stereocenters. The van der Waals surface area contributed by atoms with Crippen molar-refractivity contribution in [3.63, 3.8) is 0 Å². The number of rotatable bonds is 1. The molecule has 1 amide bonds. The fourth-order valence-corrected chi connectivity index (χ4v) is 5.99. The number of ether oxygens (including phenoxy) is 1. The summed E-state index contributed by atoms with van der Waals surface area (Å²) in [5.74, 6) is 1.64. The van der Waals surface area contributed by atoms with Crippen molar-refractivity contribution >= 4 is 11.8 Å². The number of nitrogens with zero attached hydrogens (tertiary/aromatic N) is 2. The van der Waals surface area contributed by atoms with Gasteiger partial charge in [0.05, 0.1) is 5.69 Å². The Morgan fingerprint density at radius 1 is 1.13 bits per heavy atom. The summed E-state index contributed by atoms with van der Waals surface area (Å²) < 4.78 is 5.76. The first-order valence-corrected chi connectivity index (χ1v) is 11.9. The maximum Gasteiger partial charge on any atom is 0.414 e. The Hall–Kier alpha value is -1.55. The average Bonchev–Trinajstić information content (AvgIpc) is 2.97. The van der Waals surface area contributed by atoms with Crippen LogP contribution in [0.1, 0.15) is 77.8 Å². The van der Waals surface area contributed by atoms with Gasteiger partial charge in [0.15, 0.2) is 0 Å². The molecule has 4 nitrogen and oxygen atoms in total. The van der Waals surface area contributed by atoms with E-state index >= 15 is 0 Å². The third kappa shape index (κ3) is 4.12. The van der Waals surface area contributed by atoms with Gasteiger partial charge in [0.2, 0.25) is 0 Å². The number of piperidine rings is 1. The van der Waals surface area contributed by atoms with Crippen LogP contribution >= 0.6 is 0 Å². The number of aryl methyl sites for hydroxylation is 1. The van der Waals surface area contributed by atoms with E-state index in [4.69, 9.17) is 4.74 Å². The van der Waals surface area contributed by atoms with E-state index in [-0.39, 0.29) is 11.5 Å². The van der Waals surface area contributed by atoms with E-state index in [0.29, 0.717) is 0 Å². The number of likely N-dealkylation sites (tertiary alicyclic amines) is 1. The Morgan fingerprint density at radius 3 is 2.50 bits per heavy atom. The second kappa shape index (κ2) is 7.85. The molecule has 0 bridgehead atoms. The van der Waals surface area contributed by atoms with Crippen LogP contribution in [0.25, 0.3) is 0 Å². The Bertz CT molecular complexity index is 789. The largest absolute Gasteiger partial charge is 0.443 e. The molecular weight excluding hydrogens is 372 g/mol. The molecule has 2 aliphatic heterocycles. The summed E-state index contributed by atoms with van der Waals surface area (Å²) in [7, 11) is 0. The highest BCUT2D eigenvalue weighted by atomic mass is 16.6. The number of amides is 1. The smallest absolute Gasteiger partial charge is 0.414 e. The molecule has 2 heterocycles. The normalized spacial score (nSPS) is 29.1. The number of hydrogen-bond acceptors (Lipinski definition) is 3. The minimum Gasteiger partial charge on any atom is -0.443 e. The molecule has 1 aliphatic carbocycles. The summed E-state index contributed by atoms with van der Waals surface area (Å²) in [6, 6.07) is 7.29. The van der Waals surface area contributed by atoms with E-state index in [9.17, 15) is 4.79 Å². The number of carbonyl (C=O) groups is 1. The lowest BCUT2D eigenvalue weighted by Gasteiger charge is -2.47. The average molecular weight is 413 g/mol. The third-order valence-corrected chi connectivity index (χ3v) is 7.73. The standard InChI is InChI=1S/C26H40N2O2/c1-18-8-10-22-21(15-18)26(17-28(22)24(29)30-25(4,5)6)11-13-27(14-12-26)23-16-19(2)7-9-20(23)3/h8,10,15,19-20,23H,7,9,11-14,16-17H2,1-6H3/t19-,20+,23+/m1/s1. The van der Waals surface area contributed by atoms with Gasteiger partial charge in [-0.2, -0.15) is 0 Å². The van der Waals surface area contributed by atoms with E-state index < -0.39 is 5.60 Å². The molecule has 166 valence electrons. The molecule has 4 heteroatoms. The van der Waals surface area contributed by atoms with Gasteiger partial charge in [-0.25, -0.2) is 4.79 Å². The Labute approximate surface area is 183 Å². The van der Waals surface area contributed by atoms with Crippen LogP contribution in [0.5, 0.6) is 0 Å². The topological polar surface area (TPSA) is 32.8 Å². The number of carbonyl (C=O) groups excluding carboxylic acids is 1. The lowest BCUT2D eigenvalue weighted by atomic mass is 9.72. The lowest BCUT2D eigenvalue weighted by molar-refractivity contribution is 0.0482. The van der Waals surface area contributed by atoms with Crippen molar-refractivity contribution in [2.24, 2.45) is 11.8 Å². The van der Waals surface area contributed by atoms with Crippen molar-refractivity contribution in [2.75, 3.05) is 24.5 Å². The highest BCUT2D eigenvalue weighted by Crippen LogP contribution is 2.48. The third-order valence-electron chi connectivity index (χ3n) is 7.73. The molecular formula is C26H40N2O2. The SMILES string of the molecule is Cc1ccc2c(c1)C1(CCN([C@H]3C[C@H](C)CC[C@@H]3C)CC1)CN2C(=O)OC(C)(C)C. The molecule has 3 atom stereocenters. The van der Waals surface area contributed by atoms with Gasteiger partial charge in [0.1, 0.15) is 5.60 Å². The van der Waals surface area contributed by atoms with E-state index in [1.807, 2.05) is 25.7 Å². The first-order chi connectivity index (χ1) is 14.1. The Balaban J connectivity index is 1.55. The fraction of sp³-hybridized carbons (Fsp3) is 0.731. The lowest BCUT2D eigenvalue weighted by Crippen LogP contribution is -2.52. The first kappa shape index (κ1) is 21.7. The molecule has 1 aromatic rings. The molecule has 1 saturated carbocycles. The van der Waals surface area contributed by atoms with E-state index in [1.54, 1.807) is 0 Å². The fourth-order valence-electron chi connectivity index (χ4n) is 5.99. The quantitative estimate of drug-likeness (QED) is 0.575.